The van der Waals surface area contributed by atoms with Crippen molar-refractivity contribution in [3.8, 4) is 5.75 Å². The van der Waals surface area contributed by atoms with Crippen molar-refractivity contribution in [2.45, 2.75) is 20.4 Å². The van der Waals surface area contributed by atoms with E-state index >= 15 is 0 Å². The van der Waals surface area contributed by atoms with Crippen LogP contribution in [0.25, 0.3) is 0 Å². The lowest BCUT2D eigenvalue weighted by Gasteiger charge is -2.14. The van der Waals surface area contributed by atoms with Crippen LogP contribution in [-0.2, 0) is 11.3 Å². The van der Waals surface area contributed by atoms with Gasteiger partial charge in [-0.25, -0.2) is 0 Å². The lowest BCUT2D eigenvalue weighted by molar-refractivity contribution is 0.0703. The van der Waals surface area contributed by atoms with E-state index in [0.29, 0.717) is 25.7 Å². The number of halogens is 1. The van der Waals surface area contributed by atoms with Crippen molar-refractivity contribution in [1.82, 2.24) is 5.32 Å². The Kier molecular flexibility index (Phi) is 8.85. The molecule has 114 valence electrons. The smallest absolute Gasteiger partial charge is 0.123 e. The van der Waals surface area contributed by atoms with Gasteiger partial charge in [-0.3, -0.25) is 0 Å². The van der Waals surface area contributed by atoms with Crippen LogP contribution in [0, 0.1) is 5.92 Å². The molecular weight excluding hydrogens is 322 g/mol. The van der Waals surface area contributed by atoms with Crippen LogP contribution in [0.15, 0.2) is 22.7 Å². The average molecular weight is 346 g/mol. The normalized spacial score (nSPS) is 11.1. The maximum absolute atomic E-state index is 8.62. The van der Waals surface area contributed by atoms with Crippen LogP contribution in [-0.4, -0.2) is 38.1 Å². The number of hydrogen-bond donors (Lipinski definition) is 2. The fourth-order valence-corrected chi connectivity index (χ4v) is 2.11. The lowest BCUT2D eigenvalue weighted by atomic mass is 10.2. The van der Waals surface area contributed by atoms with Crippen LogP contribution in [0.5, 0.6) is 5.75 Å². The molecule has 0 fully saturated rings. The third-order valence-corrected chi connectivity index (χ3v) is 3.10. The van der Waals surface area contributed by atoms with Crippen LogP contribution in [0.2, 0.25) is 0 Å². The number of ether oxygens (including phenoxy) is 2. The highest BCUT2D eigenvalue weighted by molar-refractivity contribution is 9.10. The molecule has 0 saturated heterocycles. The van der Waals surface area contributed by atoms with Crippen molar-refractivity contribution in [2.24, 2.45) is 5.92 Å². The largest absolute Gasteiger partial charge is 0.491 e. The summed E-state index contributed by atoms with van der Waals surface area (Å²) in [6.07, 6.45) is 0. The molecule has 0 aromatic heterocycles. The first-order chi connectivity index (χ1) is 9.63. The quantitative estimate of drug-likeness (QED) is 0.640. The van der Waals surface area contributed by atoms with E-state index in [-0.39, 0.29) is 6.61 Å². The zero-order valence-electron chi connectivity index (χ0n) is 12.2. The zero-order valence-corrected chi connectivity index (χ0v) is 13.8. The van der Waals surface area contributed by atoms with Gasteiger partial charge in [-0.2, -0.15) is 0 Å². The summed E-state index contributed by atoms with van der Waals surface area (Å²) in [7, 11) is 0. The molecule has 1 rings (SSSR count). The number of hydrogen-bond acceptors (Lipinski definition) is 4. The molecule has 4 nitrogen and oxygen atoms in total. The molecule has 0 saturated carbocycles. The van der Waals surface area contributed by atoms with Crippen LogP contribution >= 0.6 is 15.9 Å². The van der Waals surface area contributed by atoms with Crippen molar-refractivity contribution in [3.05, 3.63) is 28.2 Å². The van der Waals surface area contributed by atoms with Crippen molar-refractivity contribution < 1.29 is 14.6 Å². The molecule has 0 aliphatic heterocycles. The SMILES string of the molecule is CC(C)CNCc1cc(Br)ccc1OCCOCCO. The molecule has 0 unspecified atom stereocenters. The van der Waals surface area contributed by atoms with E-state index < -0.39 is 0 Å². The maximum Gasteiger partial charge on any atom is 0.123 e. The first kappa shape index (κ1) is 17.4. The van der Waals surface area contributed by atoms with Gasteiger partial charge in [-0.05, 0) is 30.7 Å². The predicted molar refractivity (Wildman–Crippen MR) is 84.1 cm³/mol. The van der Waals surface area contributed by atoms with Crippen molar-refractivity contribution in [3.63, 3.8) is 0 Å². The summed E-state index contributed by atoms with van der Waals surface area (Å²) in [5.41, 5.74) is 1.13. The van der Waals surface area contributed by atoms with Gasteiger partial charge in [-0.15, -0.1) is 0 Å². The van der Waals surface area contributed by atoms with Gasteiger partial charge in [0.15, 0.2) is 0 Å². The lowest BCUT2D eigenvalue weighted by Crippen LogP contribution is -2.19. The molecule has 0 aliphatic carbocycles. The third-order valence-electron chi connectivity index (χ3n) is 2.61. The summed E-state index contributed by atoms with van der Waals surface area (Å²) in [6, 6.07) is 6.00. The first-order valence-electron chi connectivity index (χ1n) is 6.94. The Labute approximate surface area is 129 Å². The highest BCUT2D eigenvalue weighted by atomic mass is 79.9. The average Bonchev–Trinajstić information content (AvgIpc) is 2.40. The van der Waals surface area contributed by atoms with E-state index in [1.54, 1.807) is 0 Å². The number of nitrogens with one attached hydrogen (secondary N) is 1. The third kappa shape index (κ3) is 7.24. The van der Waals surface area contributed by atoms with E-state index in [0.717, 1.165) is 28.9 Å². The van der Waals surface area contributed by atoms with Crippen LogP contribution < -0.4 is 10.1 Å². The molecule has 0 amide bonds. The van der Waals surface area contributed by atoms with Gasteiger partial charge in [0.2, 0.25) is 0 Å². The number of aliphatic hydroxyl groups is 1. The summed E-state index contributed by atoms with van der Waals surface area (Å²) in [5, 5.41) is 12.0. The fourth-order valence-electron chi connectivity index (χ4n) is 1.70. The molecule has 0 radical (unpaired) electrons. The Bertz CT molecular complexity index is 385. The molecule has 0 atom stereocenters. The maximum atomic E-state index is 8.62. The topological polar surface area (TPSA) is 50.7 Å². The van der Waals surface area contributed by atoms with Gasteiger partial charge >= 0.3 is 0 Å². The Balaban J connectivity index is 2.47. The van der Waals surface area contributed by atoms with E-state index in [9.17, 15) is 0 Å². The Morgan fingerprint density at radius 3 is 2.75 bits per heavy atom. The first-order valence-corrected chi connectivity index (χ1v) is 7.73. The Morgan fingerprint density at radius 2 is 2.05 bits per heavy atom. The monoisotopic (exact) mass is 345 g/mol. The second-order valence-electron chi connectivity index (χ2n) is 4.96. The second-order valence-corrected chi connectivity index (χ2v) is 5.88. The summed E-state index contributed by atoms with van der Waals surface area (Å²) in [6.45, 7) is 7.49. The molecule has 1 aromatic rings. The van der Waals surface area contributed by atoms with Gasteiger partial charge in [-0.1, -0.05) is 29.8 Å². The van der Waals surface area contributed by atoms with E-state index in [1.807, 2.05) is 12.1 Å². The van der Waals surface area contributed by atoms with Gasteiger partial charge in [0.25, 0.3) is 0 Å². The van der Waals surface area contributed by atoms with Gasteiger partial charge in [0.1, 0.15) is 12.4 Å². The highest BCUT2D eigenvalue weighted by Gasteiger charge is 2.05. The number of aliphatic hydroxyl groups excluding tert-OH is 1. The molecule has 20 heavy (non-hydrogen) atoms. The van der Waals surface area contributed by atoms with Gasteiger partial charge in [0.05, 0.1) is 19.8 Å². The zero-order chi connectivity index (χ0) is 14.8. The van der Waals surface area contributed by atoms with Gasteiger partial charge < -0.3 is 19.9 Å². The van der Waals surface area contributed by atoms with Crippen molar-refractivity contribution in [1.29, 1.82) is 0 Å². The minimum absolute atomic E-state index is 0.0443. The molecule has 0 bridgehead atoms. The van der Waals surface area contributed by atoms with Crippen LogP contribution in [0.1, 0.15) is 19.4 Å². The van der Waals surface area contributed by atoms with E-state index in [1.165, 1.54) is 0 Å². The summed E-state index contributed by atoms with van der Waals surface area (Å²) < 4.78 is 12.0. The predicted octanol–water partition coefficient (Wildman–Crippen LogP) is 2.58. The van der Waals surface area contributed by atoms with Crippen LogP contribution in [0.4, 0.5) is 0 Å². The molecule has 1 aromatic carbocycles. The Morgan fingerprint density at radius 1 is 1.25 bits per heavy atom. The number of benzene rings is 1. The molecule has 0 spiro atoms. The minimum Gasteiger partial charge on any atom is -0.491 e. The van der Waals surface area contributed by atoms with Crippen LogP contribution in [0.3, 0.4) is 0 Å². The molecule has 5 heteroatoms. The van der Waals surface area contributed by atoms with Gasteiger partial charge in [0, 0.05) is 16.6 Å². The summed E-state index contributed by atoms with van der Waals surface area (Å²) in [5.74, 6) is 1.50. The highest BCUT2D eigenvalue weighted by Crippen LogP contribution is 2.23. The molecule has 2 N–H and O–H groups in total. The molecule has 0 aliphatic rings. The van der Waals surface area contributed by atoms with Crippen molar-refractivity contribution in [2.75, 3.05) is 33.0 Å². The fraction of sp³-hybridized carbons (Fsp3) is 0.600. The van der Waals surface area contributed by atoms with E-state index in [2.05, 4.69) is 41.2 Å². The standard InChI is InChI=1S/C15H24BrNO3/c1-12(2)10-17-11-13-9-14(16)3-4-15(13)20-8-7-19-6-5-18/h3-4,9,12,17-18H,5-8,10-11H2,1-2H3. The summed E-state index contributed by atoms with van der Waals surface area (Å²) in [4.78, 5) is 0. The minimum atomic E-state index is 0.0443. The summed E-state index contributed by atoms with van der Waals surface area (Å²) >= 11 is 3.48. The molecule has 0 heterocycles. The van der Waals surface area contributed by atoms with E-state index in [4.69, 9.17) is 14.6 Å². The second kappa shape index (κ2) is 10.2. The molecular formula is C15H24BrNO3. The van der Waals surface area contributed by atoms with Crippen molar-refractivity contribution >= 4 is 15.9 Å². The number of rotatable bonds is 10. The Hall–Kier alpha value is -0.620.